The van der Waals surface area contributed by atoms with Gasteiger partial charge in [0.25, 0.3) is 0 Å². The number of aromatic nitrogens is 2. The van der Waals surface area contributed by atoms with E-state index in [1.54, 1.807) is 12.1 Å². The first kappa shape index (κ1) is 13.2. The molecule has 1 fully saturated rings. The Morgan fingerprint density at radius 2 is 2.05 bits per heavy atom. The van der Waals surface area contributed by atoms with Crippen LogP contribution in [0.2, 0.25) is 0 Å². The molecule has 0 spiro atoms. The summed E-state index contributed by atoms with van der Waals surface area (Å²) >= 11 is 0. The molecule has 1 atom stereocenters. The Bertz CT molecular complexity index is 589. The summed E-state index contributed by atoms with van der Waals surface area (Å²) in [6.45, 7) is 3.94. The normalized spacial score (nSPS) is 19.0. The van der Waals surface area contributed by atoms with Crippen molar-refractivity contribution in [1.29, 1.82) is 0 Å². The Labute approximate surface area is 118 Å². The van der Waals surface area contributed by atoms with Gasteiger partial charge < -0.3 is 5.32 Å². The summed E-state index contributed by atoms with van der Waals surface area (Å²) in [6.07, 6.45) is 4.16. The minimum absolute atomic E-state index is 0.220. The van der Waals surface area contributed by atoms with E-state index in [0.717, 1.165) is 48.6 Å². The lowest BCUT2D eigenvalue weighted by molar-refractivity contribution is 0.454. The summed E-state index contributed by atoms with van der Waals surface area (Å²) in [4.78, 5) is 8.96. The zero-order valence-corrected chi connectivity index (χ0v) is 11.6. The maximum Gasteiger partial charge on any atom is 0.125 e. The fourth-order valence-corrected chi connectivity index (χ4v) is 2.74. The lowest BCUT2D eigenvalue weighted by atomic mass is 9.91. The van der Waals surface area contributed by atoms with Crippen LogP contribution in [0, 0.1) is 12.7 Å². The van der Waals surface area contributed by atoms with Crippen LogP contribution in [0.5, 0.6) is 0 Å². The molecule has 1 N–H and O–H groups in total. The molecule has 104 valence electrons. The van der Waals surface area contributed by atoms with Gasteiger partial charge in [-0.2, -0.15) is 0 Å². The highest BCUT2D eigenvalue weighted by molar-refractivity contribution is 5.65. The molecule has 20 heavy (non-hydrogen) atoms. The van der Waals surface area contributed by atoms with Gasteiger partial charge in [0.15, 0.2) is 0 Å². The third-order valence-corrected chi connectivity index (χ3v) is 3.78. The standard InChI is InChI=1S/C16H18FN3/c1-11-19-10-15(12-4-6-14(17)7-5-12)16(20-11)13-3-2-8-18-9-13/h4-7,10,13,18H,2-3,8-9H2,1H3. The molecule has 4 heteroatoms. The quantitative estimate of drug-likeness (QED) is 0.912. The summed E-state index contributed by atoms with van der Waals surface area (Å²) in [5, 5.41) is 3.42. The number of aryl methyl sites for hydroxylation is 1. The van der Waals surface area contributed by atoms with Crippen molar-refractivity contribution in [3.05, 3.63) is 47.8 Å². The first-order chi connectivity index (χ1) is 9.74. The van der Waals surface area contributed by atoms with Crippen molar-refractivity contribution in [3.63, 3.8) is 0 Å². The van der Waals surface area contributed by atoms with Gasteiger partial charge in [0, 0.05) is 24.2 Å². The second-order valence-corrected chi connectivity index (χ2v) is 5.27. The third-order valence-electron chi connectivity index (χ3n) is 3.78. The summed E-state index contributed by atoms with van der Waals surface area (Å²) in [6, 6.07) is 6.56. The summed E-state index contributed by atoms with van der Waals surface area (Å²) in [5.74, 6) is 0.976. The van der Waals surface area contributed by atoms with Gasteiger partial charge in [0.05, 0.1) is 5.69 Å². The van der Waals surface area contributed by atoms with Crippen LogP contribution in [0.4, 0.5) is 4.39 Å². The van der Waals surface area contributed by atoms with Crippen molar-refractivity contribution in [2.24, 2.45) is 0 Å². The van der Waals surface area contributed by atoms with Crippen molar-refractivity contribution in [2.45, 2.75) is 25.7 Å². The predicted octanol–water partition coefficient (Wildman–Crippen LogP) is 3.06. The molecule has 3 rings (SSSR count). The van der Waals surface area contributed by atoms with Gasteiger partial charge in [-0.15, -0.1) is 0 Å². The molecule has 1 saturated heterocycles. The van der Waals surface area contributed by atoms with Gasteiger partial charge in [-0.1, -0.05) is 12.1 Å². The predicted molar refractivity (Wildman–Crippen MR) is 77.0 cm³/mol. The fourth-order valence-electron chi connectivity index (χ4n) is 2.74. The van der Waals surface area contributed by atoms with Crippen LogP contribution >= 0.6 is 0 Å². The molecular formula is C16H18FN3. The highest BCUT2D eigenvalue weighted by Gasteiger charge is 2.21. The van der Waals surface area contributed by atoms with E-state index in [0.29, 0.717) is 5.92 Å². The first-order valence-corrected chi connectivity index (χ1v) is 7.04. The maximum absolute atomic E-state index is 13.1. The molecular weight excluding hydrogens is 253 g/mol. The Kier molecular flexibility index (Phi) is 3.74. The average molecular weight is 271 g/mol. The molecule has 2 heterocycles. The third kappa shape index (κ3) is 2.70. The van der Waals surface area contributed by atoms with E-state index < -0.39 is 0 Å². The Morgan fingerprint density at radius 1 is 1.25 bits per heavy atom. The van der Waals surface area contributed by atoms with Crippen molar-refractivity contribution < 1.29 is 4.39 Å². The number of hydrogen-bond donors (Lipinski definition) is 1. The van der Waals surface area contributed by atoms with Gasteiger partial charge in [-0.3, -0.25) is 0 Å². The zero-order chi connectivity index (χ0) is 13.9. The number of halogens is 1. The molecule has 1 aromatic carbocycles. The van der Waals surface area contributed by atoms with E-state index >= 15 is 0 Å². The zero-order valence-electron chi connectivity index (χ0n) is 11.6. The fraction of sp³-hybridized carbons (Fsp3) is 0.375. The molecule has 0 aliphatic carbocycles. The van der Waals surface area contributed by atoms with Crippen molar-refractivity contribution >= 4 is 0 Å². The Hall–Kier alpha value is -1.81. The number of nitrogens with one attached hydrogen (secondary N) is 1. The van der Waals surface area contributed by atoms with E-state index in [-0.39, 0.29) is 5.82 Å². The Morgan fingerprint density at radius 3 is 2.75 bits per heavy atom. The highest BCUT2D eigenvalue weighted by atomic mass is 19.1. The second kappa shape index (κ2) is 5.67. The van der Waals surface area contributed by atoms with Gasteiger partial charge >= 0.3 is 0 Å². The highest BCUT2D eigenvalue weighted by Crippen LogP contribution is 2.31. The van der Waals surface area contributed by atoms with E-state index in [9.17, 15) is 4.39 Å². The molecule has 1 unspecified atom stereocenters. The SMILES string of the molecule is Cc1ncc(-c2ccc(F)cc2)c(C2CCCNC2)n1. The van der Waals surface area contributed by atoms with E-state index in [1.165, 1.54) is 12.1 Å². The summed E-state index contributed by atoms with van der Waals surface area (Å²) < 4.78 is 13.1. The molecule has 0 bridgehead atoms. The number of benzene rings is 1. The molecule has 1 aromatic heterocycles. The number of rotatable bonds is 2. The van der Waals surface area contributed by atoms with Crippen LogP contribution in [-0.2, 0) is 0 Å². The first-order valence-electron chi connectivity index (χ1n) is 7.04. The molecule has 3 nitrogen and oxygen atoms in total. The Balaban J connectivity index is 2.03. The van der Waals surface area contributed by atoms with Gasteiger partial charge in [0.1, 0.15) is 11.6 Å². The molecule has 0 radical (unpaired) electrons. The van der Waals surface area contributed by atoms with E-state index in [1.807, 2.05) is 13.1 Å². The molecule has 1 aliphatic rings. The topological polar surface area (TPSA) is 37.8 Å². The van der Waals surface area contributed by atoms with Gasteiger partial charge in [-0.25, -0.2) is 14.4 Å². The average Bonchev–Trinajstić information content (AvgIpc) is 2.49. The van der Waals surface area contributed by atoms with Gasteiger partial charge in [0.2, 0.25) is 0 Å². The smallest absolute Gasteiger partial charge is 0.125 e. The lowest BCUT2D eigenvalue weighted by Crippen LogP contribution is -2.29. The van der Waals surface area contributed by atoms with E-state index in [4.69, 9.17) is 0 Å². The second-order valence-electron chi connectivity index (χ2n) is 5.27. The lowest BCUT2D eigenvalue weighted by Gasteiger charge is -2.24. The van der Waals surface area contributed by atoms with E-state index in [2.05, 4.69) is 15.3 Å². The largest absolute Gasteiger partial charge is 0.316 e. The van der Waals surface area contributed by atoms with Crippen molar-refractivity contribution in [3.8, 4) is 11.1 Å². The molecule has 2 aromatic rings. The number of nitrogens with zero attached hydrogens (tertiary/aromatic N) is 2. The van der Waals surface area contributed by atoms with Crippen LogP contribution in [0.15, 0.2) is 30.5 Å². The summed E-state index contributed by atoms with van der Waals surface area (Å²) in [7, 11) is 0. The molecule has 0 saturated carbocycles. The molecule has 1 aliphatic heterocycles. The number of piperidine rings is 1. The van der Waals surface area contributed by atoms with Crippen LogP contribution in [0.1, 0.15) is 30.3 Å². The van der Waals surface area contributed by atoms with Crippen LogP contribution < -0.4 is 5.32 Å². The minimum Gasteiger partial charge on any atom is -0.316 e. The van der Waals surface area contributed by atoms with Crippen LogP contribution in [0.3, 0.4) is 0 Å². The monoisotopic (exact) mass is 271 g/mol. The number of hydrogen-bond acceptors (Lipinski definition) is 3. The van der Waals surface area contributed by atoms with Gasteiger partial charge in [-0.05, 0) is 44.0 Å². The maximum atomic E-state index is 13.1. The summed E-state index contributed by atoms with van der Waals surface area (Å²) in [5.41, 5.74) is 3.08. The van der Waals surface area contributed by atoms with Crippen LogP contribution in [-0.4, -0.2) is 23.1 Å². The molecule has 0 amide bonds. The van der Waals surface area contributed by atoms with Crippen molar-refractivity contribution in [2.75, 3.05) is 13.1 Å². The van der Waals surface area contributed by atoms with Crippen LogP contribution in [0.25, 0.3) is 11.1 Å². The van der Waals surface area contributed by atoms with Crippen molar-refractivity contribution in [1.82, 2.24) is 15.3 Å². The minimum atomic E-state index is -0.220.